The smallest absolute Gasteiger partial charge is 0.327 e. The molecule has 0 radical (unpaired) electrons. The van der Waals surface area contributed by atoms with Gasteiger partial charge in [0.2, 0.25) is 11.8 Å². The van der Waals surface area contributed by atoms with E-state index in [9.17, 15) is 24.6 Å². The SMILES string of the molecule is CCCCCC1(CCCCC)O[C@@H]2[C@H]3ON(Cc4ccccc4C=CC4CCC5OC5C4)[C@H]4C(=O)OC(CC34C(=O)N[C@@H](C(=O)N[C@H](CO)CCC(=O)OC(C)(C)C)[C@H](C)O)[C@@H]2O1. The van der Waals surface area contributed by atoms with Gasteiger partial charge in [-0.15, -0.1) is 0 Å². The predicted molar refractivity (Wildman–Crippen MR) is 231 cm³/mol. The summed E-state index contributed by atoms with van der Waals surface area (Å²) in [7, 11) is 0. The van der Waals surface area contributed by atoms with Gasteiger partial charge in [-0.3, -0.25) is 24.0 Å². The number of nitrogens with one attached hydrogen (secondary N) is 2. The van der Waals surface area contributed by atoms with Gasteiger partial charge in [-0.05, 0) is 83.3 Å². The number of benzene rings is 1. The number of hydrogen-bond acceptors (Lipinski definition) is 13. The molecule has 6 aliphatic rings. The van der Waals surface area contributed by atoms with Crippen molar-refractivity contribution in [1.29, 1.82) is 0 Å². The van der Waals surface area contributed by atoms with E-state index < -0.39 is 95.8 Å². The second-order valence-electron chi connectivity index (χ2n) is 19.8. The number of aliphatic hydroxyl groups excluding tert-OH is 2. The van der Waals surface area contributed by atoms with Gasteiger partial charge in [0.25, 0.3) is 0 Å². The normalized spacial score (nSPS) is 32.0. The maximum Gasteiger partial charge on any atom is 0.327 e. The quantitative estimate of drug-likeness (QED) is 0.0719. The number of fused-ring (bicyclic) bond motifs is 5. The average Bonchev–Trinajstić information content (AvgIpc) is 3.78. The van der Waals surface area contributed by atoms with Gasteiger partial charge in [0.05, 0.1) is 37.5 Å². The molecule has 1 aromatic rings. The number of allylic oxidation sites excluding steroid dienone is 1. The summed E-state index contributed by atoms with van der Waals surface area (Å²) < 4.78 is 31.3. The fourth-order valence-corrected chi connectivity index (χ4v) is 10.4. The zero-order valence-electron chi connectivity index (χ0n) is 38.1. The molecular weight excluding hydrogens is 811 g/mol. The van der Waals surface area contributed by atoms with Crippen LogP contribution in [0.15, 0.2) is 30.3 Å². The van der Waals surface area contributed by atoms with Crippen molar-refractivity contribution in [2.75, 3.05) is 6.61 Å². The number of amides is 2. The highest BCUT2D eigenvalue weighted by molar-refractivity contribution is 5.96. The van der Waals surface area contributed by atoms with Crippen LogP contribution in [0.1, 0.15) is 143 Å². The first kappa shape index (κ1) is 47.5. The first-order valence-corrected chi connectivity index (χ1v) is 23.6. The van der Waals surface area contributed by atoms with Crippen molar-refractivity contribution in [3.63, 3.8) is 0 Å². The van der Waals surface area contributed by atoms with E-state index in [1.807, 2.05) is 24.3 Å². The summed E-state index contributed by atoms with van der Waals surface area (Å²) in [5.74, 6) is -3.13. The van der Waals surface area contributed by atoms with Gasteiger partial charge in [0.15, 0.2) is 11.8 Å². The van der Waals surface area contributed by atoms with Crippen molar-refractivity contribution < 1.29 is 57.9 Å². The van der Waals surface area contributed by atoms with E-state index in [1.165, 1.54) is 6.92 Å². The molecule has 0 spiro atoms. The lowest BCUT2D eigenvalue weighted by Crippen LogP contribution is -2.71. The number of hydrogen-bond donors (Lipinski definition) is 4. The van der Waals surface area contributed by atoms with Gasteiger partial charge in [-0.25, -0.2) is 0 Å². The number of hydroxylamine groups is 2. The summed E-state index contributed by atoms with van der Waals surface area (Å²) in [5, 5.41) is 28.3. The molecule has 2 amide bonds. The van der Waals surface area contributed by atoms with E-state index in [0.717, 1.165) is 68.9 Å². The second kappa shape index (κ2) is 20.0. The molecule has 1 aromatic carbocycles. The number of epoxide rings is 1. The Balaban J connectivity index is 1.18. The third-order valence-corrected chi connectivity index (χ3v) is 13.7. The van der Waals surface area contributed by atoms with Gasteiger partial charge >= 0.3 is 11.9 Å². The Morgan fingerprint density at radius 1 is 0.984 bits per heavy atom. The molecule has 4 saturated heterocycles. The van der Waals surface area contributed by atoms with E-state index in [2.05, 4.69) is 36.6 Å². The van der Waals surface area contributed by atoms with Crippen LogP contribution in [0.3, 0.4) is 0 Å². The summed E-state index contributed by atoms with van der Waals surface area (Å²) in [6.07, 6.45) is 10.5. The zero-order valence-corrected chi connectivity index (χ0v) is 38.1. The highest BCUT2D eigenvalue weighted by atomic mass is 16.8. The number of ether oxygens (including phenoxy) is 5. The van der Waals surface area contributed by atoms with Gasteiger partial charge in [0, 0.05) is 25.7 Å². The number of carbonyl (C=O) groups is 4. The molecule has 7 rings (SSSR count). The number of aliphatic hydroxyl groups is 2. The first-order valence-electron chi connectivity index (χ1n) is 23.6. The fourth-order valence-electron chi connectivity index (χ4n) is 10.4. The lowest BCUT2D eigenvalue weighted by atomic mass is 9.62. The lowest BCUT2D eigenvalue weighted by molar-refractivity contribution is -0.224. The number of nitrogens with zero attached hydrogens (tertiary/aromatic N) is 1. The molecule has 2 bridgehead atoms. The number of esters is 2. The van der Waals surface area contributed by atoms with Gasteiger partial charge in [0.1, 0.15) is 41.5 Å². The highest BCUT2D eigenvalue weighted by Crippen LogP contribution is 2.58. The summed E-state index contributed by atoms with van der Waals surface area (Å²) >= 11 is 0. The first-order chi connectivity index (χ1) is 30.1. The number of carbonyl (C=O) groups excluding carboxylic acids is 4. The van der Waals surface area contributed by atoms with Gasteiger partial charge in [-0.1, -0.05) is 75.9 Å². The molecule has 6 fully saturated rings. The molecule has 15 heteroatoms. The minimum Gasteiger partial charge on any atom is -0.460 e. The molecule has 2 aliphatic carbocycles. The Morgan fingerprint density at radius 3 is 2.37 bits per heavy atom. The van der Waals surface area contributed by atoms with Crippen molar-refractivity contribution in [3.05, 3.63) is 41.5 Å². The summed E-state index contributed by atoms with van der Waals surface area (Å²) in [6, 6.07) is 4.31. The van der Waals surface area contributed by atoms with Crippen LogP contribution in [-0.4, -0.2) is 118 Å². The molecular formula is C48H71N3O12. The van der Waals surface area contributed by atoms with E-state index in [4.69, 9.17) is 28.5 Å². The second-order valence-corrected chi connectivity index (χ2v) is 19.8. The van der Waals surface area contributed by atoms with Gasteiger partial charge in [-0.2, -0.15) is 5.06 Å². The van der Waals surface area contributed by atoms with Crippen LogP contribution in [0.4, 0.5) is 0 Å². The third kappa shape index (κ3) is 10.7. The molecule has 4 N–H and O–H groups in total. The molecule has 2 saturated carbocycles. The van der Waals surface area contributed by atoms with Gasteiger partial charge < -0.3 is 44.5 Å². The Hall–Kier alpha value is -3.44. The van der Waals surface area contributed by atoms with Crippen molar-refractivity contribution in [2.24, 2.45) is 11.3 Å². The van der Waals surface area contributed by atoms with Crippen LogP contribution >= 0.6 is 0 Å². The Labute approximate surface area is 372 Å². The molecule has 350 valence electrons. The molecule has 0 aromatic heterocycles. The van der Waals surface area contributed by atoms with E-state index in [0.29, 0.717) is 31.0 Å². The monoisotopic (exact) mass is 882 g/mol. The largest absolute Gasteiger partial charge is 0.460 e. The van der Waals surface area contributed by atoms with E-state index in [-0.39, 0.29) is 25.8 Å². The van der Waals surface area contributed by atoms with Crippen molar-refractivity contribution in [3.8, 4) is 0 Å². The molecule has 15 nitrogen and oxygen atoms in total. The molecule has 63 heavy (non-hydrogen) atoms. The average molecular weight is 882 g/mol. The maximum absolute atomic E-state index is 15.3. The summed E-state index contributed by atoms with van der Waals surface area (Å²) in [6.45, 7) is 10.6. The minimum absolute atomic E-state index is 0.0394. The Bertz CT molecular complexity index is 1810. The van der Waals surface area contributed by atoms with Crippen molar-refractivity contribution in [2.45, 2.75) is 210 Å². The van der Waals surface area contributed by atoms with Crippen molar-refractivity contribution >= 4 is 29.8 Å². The zero-order chi connectivity index (χ0) is 45.1. The summed E-state index contributed by atoms with van der Waals surface area (Å²) in [4.78, 5) is 63.0. The molecule has 12 atom stereocenters. The predicted octanol–water partition coefficient (Wildman–Crippen LogP) is 5.17. The van der Waals surface area contributed by atoms with Crippen LogP contribution in [0.5, 0.6) is 0 Å². The van der Waals surface area contributed by atoms with Crippen LogP contribution in [0.2, 0.25) is 0 Å². The Kier molecular flexibility index (Phi) is 15.1. The number of rotatable bonds is 21. The van der Waals surface area contributed by atoms with Crippen molar-refractivity contribution in [1.82, 2.24) is 15.7 Å². The van der Waals surface area contributed by atoms with Crippen LogP contribution < -0.4 is 10.6 Å². The van der Waals surface area contributed by atoms with Crippen LogP contribution in [-0.2, 0) is 54.2 Å². The maximum atomic E-state index is 15.3. The molecule has 4 heterocycles. The van der Waals surface area contributed by atoms with E-state index >= 15 is 4.79 Å². The Morgan fingerprint density at radius 2 is 1.70 bits per heavy atom. The molecule has 4 aliphatic heterocycles. The van der Waals surface area contributed by atoms with E-state index in [1.54, 1.807) is 25.8 Å². The lowest BCUT2D eigenvalue weighted by Gasteiger charge is -2.49. The number of unbranched alkanes of at least 4 members (excludes halogenated alkanes) is 4. The standard InChI is InChI=1S/C48H71N3O12/c1-7-9-13-23-47(24-14-10-8-2)61-39-36-26-48(45(57)50-38(29(3)53)43(55)49-33(28-52)20-22-37(54)60-46(4,5)6)41(44(56)59-36)51(63-42(48)40(39)62-47)27-32-16-12-11-15-31(32)19-17-30-18-21-34-35(25-30)58-34/h11-12,15-17,19,29-30,33-36,38-42,52-53H,7-10,13-14,18,20-28H2,1-6H3,(H,49,55)(H,50,57)/t29-,30?,33-,34?,35?,36?,38+,39-,40-,41-,42+,48?/m0/s1. The van der Waals surface area contributed by atoms with Crippen LogP contribution in [0, 0.1) is 11.3 Å². The fraction of sp³-hybridized carbons (Fsp3) is 0.750. The highest BCUT2D eigenvalue weighted by Gasteiger charge is 2.76. The minimum atomic E-state index is -1.61. The summed E-state index contributed by atoms with van der Waals surface area (Å²) in [5.41, 5.74) is -0.478. The topological polar surface area (TPSA) is 195 Å². The third-order valence-electron chi connectivity index (χ3n) is 13.7. The van der Waals surface area contributed by atoms with Crippen LogP contribution in [0.25, 0.3) is 6.08 Å². The molecule has 5 unspecified atom stereocenters.